The molecule has 0 amide bonds. The maximum Gasteiger partial charge on any atom is 0.243 e. The first-order valence-electron chi connectivity index (χ1n) is 5.51. The van der Waals surface area contributed by atoms with Crippen molar-refractivity contribution in [2.75, 3.05) is 14.1 Å². The number of benzene rings is 2. The molecule has 0 N–H and O–H groups in total. The van der Waals surface area contributed by atoms with Crippen LogP contribution < -0.4 is 0 Å². The van der Waals surface area contributed by atoms with Gasteiger partial charge in [0.2, 0.25) is 10.0 Å². The van der Waals surface area contributed by atoms with Gasteiger partial charge in [-0.2, -0.15) is 0 Å². The fourth-order valence-electron chi connectivity index (χ4n) is 1.60. The molecule has 0 atom stereocenters. The summed E-state index contributed by atoms with van der Waals surface area (Å²) in [4.78, 5) is 0.189. The molecule has 0 saturated heterocycles. The molecule has 0 unspecified atom stereocenters. The molecule has 0 bridgehead atoms. The van der Waals surface area contributed by atoms with Crippen LogP contribution in [0, 0.1) is 6.07 Å². The summed E-state index contributed by atoms with van der Waals surface area (Å²) in [6.45, 7) is 0. The highest BCUT2D eigenvalue weighted by Crippen LogP contribution is 2.22. The van der Waals surface area contributed by atoms with E-state index in [1.807, 2.05) is 36.4 Å². The lowest BCUT2D eigenvalue weighted by atomic mass is 10.1. The van der Waals surface area contributed by atoms with Gasteiger partial charge in [0, 0.05) is 20.2 Å². The normalized spacial score (nSPS) is 11.7. The number of nitrogens with zero attached hydrogens (tertiary/aromatic N) is 1. The summed E-state index contributed by atoms with van der Waals surface area (Å²) in [5.41, 5.74) is 1.86. The molecule has 0 spiro atoms. The van der Waals surface area contributed by atoms with Crippen LogP contribution in [-0.2, 0) is 10.0 Å². The molecule has 0 saturated carbocycles. The molecule has 0 aliphatic rings. The summed E-state index contributed by atoms with van der Waals surface area (Å²) in [6, 6.07) is 17.6. The SMILES string of the molecule is CN(C)S(=O)(=O)c1[c]ccc(-c2ccccc2)c1. The van der Waals surface area contributed by atoms with Gasteiger partial charge in [0.05, 0.1) is 4.90 Å². The van der Waals surface area contributed by atoms with Crippen molar-refractivity contribution in [2.45, 2.75) is 4.90 Å². The molecule has 0 aliphatic carbocycles. The number of hydrogen-bond donors (Lipinski definition) is 0. The average Bonchev–Trinajstić information content (AvgIpc) is 2.40. The summed E-state index contributed by atoms with van der Waals surface area (Å²) in [5, 5.41) is 0. The Hall–Kier alpha value is -1.65. The third-order valence-corrected chi connectivity index (χ3v) is 4.39. The van der Waals surface area contributed by atoms with Crippen molar-refractivity contribution in [2.24, 2.45) is 0 Å². The third kappa shape index (κ3) is 2.44. The molecule has 0 heterocycles. The molecular formula is C14H14NO2S. The predicted molar refractivity (Wildman–Crippen MR) is 71.6 cm³/mol. The second-order valence-electron chi connectivity index (χ2n) is 4.10. The maximum absolute atomic E-state index is 12.0. The van der Waals surface area contributed by atoms with Gasteiger partial charge in [-0.25, -0.2) is 12.7 Å². The first kappa shape index (κ1) is 12.8. The van der Waals surface area contributed by atoms with E-state index in [0.29, 0.717) is 0 Å². The molecule has 0 aromatic heterocycles. The molecule has 2 aromatic carbocycles. The molecular weight excluding hydrogens is 246 g/mol. The van der Waals surface area contributed by atoms with Crippen LogP contribution in [0.4, 0.5) is 0 Å². The van der Waals surface area contributed by atoms with Gasteiger partial charge in [-0.1, -0.05) is 42.5 Å². The number of sulfonamides is 1. The minimum absolute atomic E-state index is 0.189. The zero-order chi connectivity index (χ0) is 13.2. The minimum Gasteiger partial charge on any atom is -0.207 e. The molecule has 2 rings (SSSR count). The van der Waals surface area contributed by atoms with Crippen molar-refractivity contribution < 1.29 is 8.42 Å². The lowest BCUT2D eigenvalue weighted by Crippen LogP contribution is -2.22. The Morgan fingerprint density at radius 1 is 1.00 bits per heavy atom. The van der Waals surface area contributed by atoms with Gasteiger partial charge in [-0.3, -0.25) is 0 Å². The highest BCUT2D eigenvalue weighted by molar-refractivity contribution is 7.89. The summed E-state index contributed by atoms with van der Waals surface area (Å²) < 4.78 is 25.2. The van der Waals surface area contributed by atoms with E-state index >= 15 is 0 Å². The molecule has 0 aliphatic heterocycles. The predicted octanol–water partition coefficient (Wildman–Crippen LogP) is 2.40. The summed E-state index contributed by atoms with van der Waals surface area (Å²) in [7, 11) is -0.405. The van der Waals surface area contributed by atoms with E-state index in [4.69, 9.17) is 0 Å². The van der Waals surface area contributed by atoms with Gasteiger partial charge in [-0.15, -0.1) is 0 Å². The van der Waals surface area contributed by atoms with Crippen LogP contribution in [0.2, 0.25) is 0 Å². The van der Waals surface area contributed by atoms with E-state index in [1.165, 1.54) is 18.4 Å². The Bertz CT molecular complexity index is 634. The van der Waals surface area contributed by atoms with Gasteiger partial charge in [0.15, 0.2) is 0 Å². The quantitative estimate of drug-likeness (QED) is 0.850. The Kier molecular flexibility index (Phi) is 3.50. The van der Waals surface area contributed by atoms with E-state index < -0.39 is 10.0 Å². The third-order valence-electron chi connectivity index (χ3n) is 2.64. The van der Waals surface area contributed by atoms with Crippen molar-refractivity contribution >= 4 is 10.0 Å². The second-order valence-corrected chi connectivity index (χ2v) is 6.22. The van der Waals surface area contributed by atoms with Crippen LogP contribution in [-0.4, -0.2) is 26.8 Å². The van der Waals surface area contributed by atoms with E-state index in [2.05, 4.69) is 6.07 Å². The lowest BCUT2D eigenvalue weighted by Gasteiger charge is -2.12. The molecule has 93 valence electrons. The van der Waals surface area contributed by atoms with Crippen LogP contribution in [0.15, 0.2) is 53.4 Å². The Balaban J connectivity index is 2.50. The van der Waals surface area contributed by atoms with Gasteiger partial charge in [0.25, 0.3) is 0 Å². The van der Waals surface area contributed by atoms with Crippen molar-refractivity contribution in [1.29, 1.82) is 0 Å². The monoisotopic (exact) mass is 260 g/mol. The zero-order valence-corrected chi connectivity index (χ0v) is 11.1. The van der Waals surface area contributed by atoms with Gasteiger partial charge in [0.1, 0.15) is 0 Å². The minimum atomic E-state index is -3.43. The van der Waals surface area contributed by atoms with Crippen molar-refractivity contribution in [3.05, 3.63) is 54.6 Å². The molecule has 4 heteroatoms. The smallest absolute Gasteiger partial charge is 0.207 e. The standard InChI is InChI=1S/C14H14NO2S/c1-15(2)18(16,17)14-10-6-9-13(11-14)12-7-4-3-5-8-12/h3-9,11H,1-2H3. The molecule has 0 fully saturated rings. The van der Waals surface area contributed by atoms with E-state index in [1.54, 1.807) is 12.1 Å². The Labute approximate surface area is 108 Å². The molecule has 3 nitrogen and oxygen atoms in total. The Morgan fingerprint density at radius 2 is 1.67 bits per heavy atom. The number of hydrogen-bond acceptors (Lipinski definition) is 2. The first-order valence-corrected chi connectivity index (χ1v) is 6.95. The first-order chi connectivity index (χ1) is 8.51. The summed E-state index contributed by atoms with van der Waals surface area (Å²) in [5.74, 6) is 0. The Morgan fingerprint density at radius 3 is 2.28 bits per heavy atom. The zero-order valence-electron chi connectivity index (χ0n) is 10.3. The van der Waals surface area contributed by atoms with Crippen LogP contribution in [0.1, 0.15) is 0 Å². The molecule has 2 aromatic rings. The second kappa shape index (κ2) is 4.92. The van der Waals surface area contributed by atoms with Crippen LogP contribution >= 0.6 is 0 Å². The number of rotatable bonds is 3. The van der Waals surface area contributed by atoms with Gasteiger partial charge < -0.3 is 0 Å². The molecule has 18 heavy (non-hydrogen) atoms. The van der Waals surface area contributed by atoms with Crippen molar-refractivity contribution in [3.8, 4) is 11.1 Å². The van der Waals surface area contributed by atoms with Crippen molar-refractivity contribution in [3.63, 3.8) is 0 Å². The van der Waals surface area contributed by atoms with Crippen molar-refractivity contribution in [1.82, 2.24) is 4.31 Å². The van der Waals surface area contributed by atoms with E-state index in [9.17, 15) is 8.42 Å². The molecule has 1 radical (unpaired) electrons. The van der Waals surface area contributed by atoms with Crippen LogP contribution in [0.3, 0.4) is 0 Å². The summed E-state index contributed by atoms with van der Waals surface area (Å²) in [6.07, 6.45) is 0. The maximum atomic E-state index is 12.0. The topological polar surface area (TPSA) is 37.4 Å². The summed E-state index contributed by atoms with van der Waals surface area (Å²) >= 11 is 0. The highest BCUT2D eigenvalue weighted by Gasteiger charge is 2.17. The fourth-order valence-corrected chi connectivity index (χ4v) is 2.49. The largest absolute Gasteiger partial charge is 0.243 e. The van der Waals surface area contributed by atoms with E-state index in [0.717, 1.165) is 11.1 Å². The van der Waals surface area contributed by atoms with Crippen LogP contribution in [0.5, 0.6) is 0 Å². The van der Waals surface area contributed by atoms with Crippen LogP contribution in [0.25, 0.3) is 11.1 Å². The van der Waals surface area contributed by atoms with E-state index in [-0.39, 0.29) is 4.90 Å². The lowest BCUT2D eigenvalue weighted by molar-refractivity contribution is 0.520. The van der Waals surface area contributed by atoms with Gasteiger partial charge in [-0.05, 0) is 17.2 Å². The van der Waals surface area contributed by atoms with Gasteiger partial charge >= 0.3 is 0 Å². The fraction of sp³-hybridized carbons (Fsp3) is 0.143. The average molecular weight is 260 g/mol. The highest BCUT2D eigenvalue weighted by atomic mass is 32.2.